The second-order valence-corrected chi connectivity index (χ2v) is 7.79. The lowest BCUT2D eigenvalue weighted by atomic mass is 9.72. The van der Waals surface area contributed by atoms with Crippen LogP contribution in [0.4, 0.5) is 10.1 Å². The van der Waals surface area contributed by atoms with Gasteiger partial charge >= 0.3 is 0 Å². The van der Waals surface area contributed by atoms with E-state index in [1.807, 2.05) is 0 Å². The molecule has 4 fully saturated rings. The third kappa shape index (κ3) is 2.64. The van der Waals surface area contributed by atoms with Crippen molar-refractivity contribution in [2.45, 2.75) is 31.2 Å². The number of carbonyl (C=O) groups excluding carboxylic acids is 3. The zero-order chi connectivity index (χ0) is 20.3. The molecular formula is C20H19FN4O4. The smallest absolute Gasteiger partial charge is 0.270 e. The first-order valence-electron chi connectivity index (χ1n) is 9.59. The first-order valence-corrected chi connectivity index (χ1v) is 9.59. The Bertz CT molecular complexity index is 1040. The van der Waals surface area contributed by atoms with Crippen molar-refractivity contribution >= 4 is 23.4 Å². The van der Waals surface area contributed by atoms with E-state index in [1.165, 1.54) is 24.6 Å². The minimum Gasteiger partial charge on any atom is -0.447 e. The third-order valence-corrected chi connectivity index (χ3v) is 6.26. The van der Waals surface area contributed by atoms with Crippen molar-refractivity contribution in [2.24, 2.45) is 11.7 Å². The van der Waals surface area contributed by atoms with E-state index in [9.17, 15) is 18.8 Å². The Morgan fingerprint density at radius 3 is 2.86 bits per heavy atom. The number of primary amides is 1. The van der Waals surface area contributed by atoms with Gasteiger partial charge in [-0.3, -0.25) is 14.4 Å². The lowest BCUT2D eigenvalue weighted by Gasteiger charge is -2.35. The minimum absolute atomic E-state index is 0.0252. The number of fused-ring (bicyclic) bond motifs is 1. The molecule has 3 aliphatic heterocycles. The van der Waals surface area contributed by atoms with Crippen molar-refractivity contribution in [1.82, 2.24) is 9.88 Å². The van der Waals surface area contributed by atoms with E-state index in [2.05, 4.69) is 4.98 Å². The van der Waals surface area contributed by atoms with E-state index in [4.69, 9.17) is 10.2 Å². The van der Waals surface area contributed by atoms with Crippen LogP contribution in [0.15, 0.2) is 29.0 Å². The molecule has 2 N–H and O–H groups in total. The van der Waals surface area contributed by atoms with Crippen LogP contribution in [0.3, 0.4) is 0 Å². The second-order valence-electron chi connectivity index (χ2n) is 7.79. The first-order chi connectivity index (χ1) is 14.0. The number of nitrogens with two attached hydrogens (primary N) is 1. The topological polar surface area (TPSA) is 110 Å². The average molecular weight is 398 g/mol. The van der Waals surface area contributed by atoms with Gasteiger partial charge in [0.25, 0.3) is 11.8 Å². The van der Waals surface area contributed by atoms with Crippen molar-refractivity contribution in [3.05, 3.63) is 47.4 Å². The van der Waals surface area contributed by atoms with Crippen LogP contribution in [0.5, 0.6) is 0 Å². The molecule has 6 rings (SSSR count). The molecule has 3 unspecified atom stereocenters. The normalized spacial score (nSPS) is 25.4. The fourth-order valence-electron chi connectivity index (χ4n) is 4.84. The van der Waals surface area contributed by atoms with Crippen molar-refractivity contribution in [2.75, 3.05) is 18.0 Å². The highest BCUT2D eigenvalue weighted by Gasteiger charge is 2.56. The maximum absolute atomic E-state index is 14.5. The number of carbonyl (C=O) groups is 3. The van der Waals surface area contributed by atoms with Gasteiger partial charge in [-0.15, -0.1) is 0 Å². The molecule has 3 atom stereocenters. The van der Waals surface area contributed by atoms with Gasteiger partial charge in [0.05, 0.1) is 5.56 Å². The third-order valence-electron chi connectivity index (χ3n) is 6.26. The van der Waals surface area contributed by atoms with E-state index >= 15 is 0 Å². The van der Waals surface area contributed by atoms with Gasteiger partial charge in [0.1, 0.15) is 11.6 Å². The molecule has 1 aromatic heterocycles. The van der Waals surface area contributed by atoms with Crippen LogP contribution in [-0.2, 0) is 4.79 Å². The SMILES string of the molecule is NC(=O)c1ncoc1C1C2CC1N(C(=O)c1cc(N3CCCC3=O)ccc1F)C2. The van der Waals surface area contributed by atoms with Gasteiger partial charge in [-0.2, -0.15) is 0 Å². The van der Waals surface area contributed by atoms with Crippen LogP contribution in [-0.4, -0.2) is 46.7 Å². The number of rotatable bonds is 4. The maximum Gasteiger partial charge on any atom is 0.270 e. The number of benzene rings is 1. The van der Waals surface area contributed by atoms with Gasteiger partial charge in [-0.05, 0) is 37.0 Å². The molecule has 8 nitrogen and oxygen atoms in total. The summed E-state index contributed by atoms with van der Waals surface area (Å²) < 4.78 is 19.9. The molecule has 0 radical (unpaired) electrons. The lowest BCUT2D eigenvalue weighted by Crippen LogP contribution is -2.40. The number of nitrogens with zero attached hydrogens (tertiary/aromatic N) is 3. The highest BCUT2D eigenvalue weighted by atomic mass is 19.1. The quantitative estimate of drug-likeness (QED) is 0.842. The molecule has 1 aromatic carbocycles. The number of hydrogen-bond acceptors (Lipinski definition) is 5. The van der Waals surface area contributed by atoms with Gasteiger partial charge in [-0.25, -0.2) is 9.37 Å². The van der Waals surface area contributed by atoms with Gasteiger partial charge in [-0.1, -0.05) is 0 Å². The molecule has 4 heterocycles. The van der Waals surface area contributed by atoms with Gasteiger partial charge in [0.15, 0.2) is 12.1 Å². The van der Waals surface area contributed by atoms with E-state index < -0.39 is 17.6 Å². The van der Waals surface area contributed by atoms with Crippen molar-refractivity contribution < 1.29 is 23.2 Å². The number of anilines is 1. The molecular weight excluding hydrogens is 379 g/mol. The summed E-state index contributed by atoms with van der Waals surface area (Å²) in [5.74, 6) is -1.41. The van der Waals surface area contributed by atoms with Crippen LogP contribution < -0.4 is 10.6 Å². The monoisotopic (exact) mass is 398 g/mol. The molecule has 29 heavy (non-hydrogen) atoms. The Labute approximate surface area is 165 Å². The summed E-state index contributed by atoms with van der Waals surface area (Å²) in [4.78, 5) is 43.8. The molecule has 1 saturated carbocycles. The summed E-state index contributed by atoms with van der Waals surface area (Å²) in [5, 5.41) is 0. The predicted octanol–water partition coefficient (Wildman–Crippen LogP) is 1.67. The number of hydrogen-bond donors (Lipinski definition) is 1. The van der Waals surface area contributed by atoms with E-state index in [0.29, 0.717) is 31.0 Å². The van der Waals surface area contributed by atoms with Crippen LogP contribution in [0.25, 0.3) is 0 Å². The maximum atomic E-state index is 14.5. The minimum atomic E-state index is -0.674. The molecule has 1 aliphatic carbocycles. The molecule has 3 amide bonds. The van der Waals surface area contributed by atoms with Gasteiger partial charge < -0.3 is 20.0 Å². The summed E-state index contributed by atoms with van der Waals surface area (Å²) in [5.41, 5.74) is 5.92. The average Bonchev–Trinajstić information content (AvgIpc) is 3.44. The first kappa shape index (κ1) is 17.8. The van der Waals surface area contributed by atoms with E-state index in [1.54, 1.807) is 9.80 Å². The fraction of sp³-hybridized carbons (Fsp3) is 0.400. The molecule has 3 saturated heterocycles. The van der Waals surface area contributed by atoms with Gasteiger partial charge in [0, 0.05) is 37.2 Å². The standard InChI is InChI=1S/C20H19FN4O4/c21-13-4-3-11(24-5-1-2-15(24)26)7-12(13)20(28)25-8-10-6-14(25)16(10)18-17(19(22)27)23-9-29-18/h3-4,7,9-10,14,16H,1-2,5-6,8H2,(H2,22,27). The Balaban J connectivity index is 1.42. The lowest BCUT2D eigenvalue weighted by molar-refractivity contribution is -0.117. The predicted molar refractivity (Wildman–Crippen MR) is 98.7 cm³/mol. The Kier molecular flexibility index (Phi) is 3.94. The van der Waals surface area contributed by atoms with Crippen molar-refractivity contribution in [1.29, 1.82) is 0 Å². The van der Waals surface area contributed by atoms with Crippen molar-refractivity contribution in [3.8, 4) is 0 Å². The molecule has 9 heteroatoms. The van der Waals surface area contributed by atoms with E-state index in [-0.39, 0.29) is 35.0 Å². The number of oxazole rings is 1. The molecule has 2 aromatic rings. The van der Waals surface area contributed by atoms with Crippen LogP contribution in [0.2, 0.25) is 0 Å². The highest BCUT2D eigenvalue weighted by molar-refractivity contribution is 5.99. The Morgan fingerprint density at radius 2 is 2.14 bits per heavy atom. The Hall–Kier alpha value is -3.23. The van der Waals surface area contributed by atoms with Crippen LogP contribution in [0, 0.1) is 11.7 Å². The molecule has 4 aliphatic rings. The molecule has 150 valence electrons. The summed E-state index contributed by atoms with van der Waals surface area (Å²) in [6.07, 6.45) is 3.13. The fourth-order valence-corrected chi connectivity index (χ4v) is 4.84. The van der Waals surface area contributed by atoms with E-state index in [0.717, 1.165) is 12.8 Å². The molecule has 2 bridgehead atoms. The van der Waals surface area contributed by atoms with Crippen LogP contribution >= 0.6 is 0 Å². The number of aromatic nitrogens is 1. The second kappa shape index (κ2) is 6.40. The number of amides is 3. The molecule has 0 spiro atoms. The highest BCUT2D eigenvalue weighted by Crippen LogP contribution is 2.53. The zero-order valence-electron chi connectivity index (χ0n) is 15.5. The summed E-state index contributed by atoms with van der Waals surface area (Å²) >= 11 is 0. The number of halogens is 1. The van der Waals surface area contributed by atoms with Crippen molar-refractivity contribution in [3.63, 3.8) is 0 Å². The summed E-state index contributed by atoms with van der Waals surface area (Å²) in [7, 11) is 0. The Morgan fingerprint density at radius 1 is 1.31 bits per heavy atom. The van der Waals surface area contributed by atoms with Crippen LogP contribution in [0.1, 0.15) is 51.8 Å². The zero-order valence-corrected chi connectivity index (χ0v) is 15.5. The summed E-state index contributed by atoms with van der Waals surface area (Å²) in [6.45, 7) is 1.01. The largest absolute Gasteiger partial charge is 0.447 e. The summed E-state index contributed by atoms with van der Waals surface area (Å²) in [6, 6.07) is 4.01. The van der Waals surface area contributed by atoms with Gasteiger partial charge in [0.2, 0.25) is 5.91 Å².